The minimum atomic E-state index is -2.79. The first-order chi connectivity index (χ1) is 14.5. The number of hydrogen-bond acceptors (Lipinski definition) is 7. The molecule has 0 fully saturated rings. The number of benzene rings is 2. The molecule has 0 unspecified atom stereocenters. The number of methoxy groups -OCH3 is 1. The summed E-state index contributed by atoms with van der Waals surface area (Å²) in [6, 6.07) is 14.1. The van der Waals surface area contributed by atoms with E-state index in [2.05, 4.69) is 15.3 Å². The molecule has 2 aromatic carbocycles. The molecule has 0 amide bonds. The van der Waals surface area contributed by atoms with Crippen LogP contribution in [0, 0.1) is 11.3 Å². The van der Waals surface area contributed by atoms with Gasteiger partial charge in [0.25, 0.3) is 6.43 Å². The van der Waals surface area contributed by atoms with Gasteiger partial charge in [-0.3, -0.25) is 0 Å². The number of aromatic nitrogens is 3. The summed E-state index contributed by atoms with van der Waals surface area (Å²) in [6.45, 7) is 0.210. The number of rotatable bonds is 8. The number of nitrogens with zero attached hydrogens (tertiary/aromatic N) is 5. The van der Waals surface area contributed by atoms with Crippen LogP contribution in [0.5, 0.6) is 11.5 Å². The quantitative estimate of drug-likeness (QED) is 0.393. The lowest BCUT2D eigenvalue weighted by molar-refractivity contribution is 0.135. The van der Waals surface area contributed by atoms with Crippen molar-refractivity contribution in [2.24, 2.45) is 5.10 Å². The molecular weight excluding hydrogens is 412 g/mol. The first-order valence-electron chi connectivity index (χ1n) is 8.67. The highest BCUT2D eigenvalue weighted by atomic mass is 32.2. The zero-order chi connectivity index (χ0) is 21.5. The largest absolute Gasteiger partial charge is 0.496 e. The molecule has 154 valence electrons. The van der Waals surface area contributed by atoms with Gasteiger partial charge in [-0.2, -0.15) is 15.0 Å². The van der Waals surface area contributed by atoms with Crippen LogP contribution in [0.1, 0.15) is 28.9 Å². The number of hydrogen-bond donors (Lipinski definition) is 0. The molecule has 0 aliphatic rings. The highest BCUT2D eigenvalue weighted by molar-refractivity contribution is 7.98. The molecule has 10 heteroatoms. The lowest BCUT2D eigenvalue weighted by Crippen LogP contribution is -2.02. The van der Waals surface area contributed by atoms with Gasteiger partial charge in [0.05, 0.1) is 25.0 Å². The first kappa shape index (κ1) is 21.3. The van der Waals surface area contributed by atoms with E-state index in [4.69, 9.17) is 14.7 Å². The van der Waals surface area contributed by atoms with E-state index in [9.17, 15) is 8.78 Å². The van der Waals surface area contributed by atoms with Crippen LogP contribution in [0.3, 0.4) is 0 Å². The predicted molar refractivity (Wildman–Crippen MR) is 108 cm³/mol. The molecule has 30 heavy (non-hydrogen) atoms. The molecule has 0 saturated carbocycles. The van der Waals surface area contributed by atoms with Crippen LogP contribution in [-0.4, -0.2) is 34.5 Å². The average Bonchev–Trinajstić information content (AvgIpc) is 3.20. The molecular formula is C20H17F2N5O2S. The lowest BCUT2D eigenvalue weighted by atomic mass is 10.1. The fourth-order valence-corrected chi connectivity index (χ4v) is 2.99. The van der Waals surface area contributed by atoms with Crippen molar-refractivity contribution in [1.29, 1.82) is 5.26 Å². The van der Waals surface area contributed by atoms with Crippen molar-refractivity contribution in [3.63, 3.8) is 0 Å². The maximum absolute atomic E-state index is 13.1. The second-order valence-corrected chi connectivity index (χ2v) is 6.67. The van der Waals surface area contributed by atoms with E-state index in [1.807, 2.05) is 6.07 Å². The molecule has 0 bridgehead atoms. The van der Waals surface area contributed by atoms with Crippen LogP contribution in [0.2, 0.25) is 0 Å². The maximum Gasteiger partial charge on any atom is 0.299 e. The van der Waals surface area contributed by atoms with E-state index in [1.165, 1.54) is 18.0 Å². The monoisotopic (exact) mass is 429 g/mol. The highest BCUT2D eigenvalue weighted by Crippen LogP contribution is 2.24. The molecule has 0 spiro atoms. The molecule has 0 N–H and O–H groups in total. The molecule has 3 rings (SSSR count). The topological polar surface area (TPSA) is 85.3 Å². The third kappa shape index (κ3) is 4.93. The fourth-order valence-electron chi connectivity index (χ4n) is 2.55. The van der Waals surface area contributed by atoms with Crippen LogP contribution in [-0.2, 0) is 6.61 Å². The summed E-state index contributed by atoms with van der Waals surface area (Å²) in [5, 5.41) is 20.4. The van der Waals surface area contributed by atoms with E-state index in [1.54, 1.807) is 55.8 Å². The van der Waals surface area contributed by atoms with Crippen molar-refractivity contribution >= 4 is 18.0 Å². The third-order valence-electron chi connectivity index (χ3n) is 4.02. The third-order valence-corrected chi connectivity index (χ3v) is 4.64. The zero-order valence-corrected chi connectivity index (χ0v) is 16.9. The van der Waals surface area contributed by atoms with Crippen LogP contribution < -0.4 is 9.47 Å². The van der Waals surface area contributed by atoms with Gasteiger partial charge in [-0.05, 0) is 54.3 Å². The summed E-state index contributed by atoms with van der Waals surface area (Å²) in [6.07, 6.45) is 0.361. The summed E-state index contributed by atoms with van der Waals surface area (Å²) in [4.78, 5) is 0. The number of halogens is 2. The second kappa shape index (κ2) is 9.84. The van der Waals surface area contributed by atoms with Gasteiger partial charge in [0.2, 0.25) is 11.0 Å². The molecule has 1 aromatic heterocycles. The lowest BCUT2D eigenvalue weighted by Gasteiger charge is -2.11. The molecule has 0 aliphatic carbocycles. The Morgan fingerprint density at radius 3 is 2.63 bits per heavy atom. The molecule has 0 atom stereocenters. The summed E-state index contributed by atoms with van der Waals surface area (Å²) in [7, 11) is 1.55. The number of ether oxygens (including phenoxy) is 2. The number of thioether (sulfide) groups is 1. The Kier molecular flexibility index (Phi) is 6.98. The van der Waals surface area contributed by atoms with Crippen molar-refractivity contribution in [3.05, 3.63) is 65.0 Å². The van der Waals surface area contributed by atoms with E-state index < -0.39 is 12.2 Å². The Balaban J connectivity index is 1.81. The zero-order valence-electron chi connectivity index (χ0n) is 16.1. The van der Waals surface area contributed by atoms with Gasteiger partial charge in [-0.25, -0.2) is 8.78 Å². The number of nitriles is 1. The Hall–Kier alpha value is -3.45. The van der Waals surface area contributed by atoms with Gasteiger partial charge in [-0.1, -0.05) is 11.8 Å². The smallest absolute Gasteiger partial charge is 0.299 e. The Bertz CT molecular complexity index is 1080. The van der Waals surface area contributed by atoms with E-state index >= 15 is 0 Å². The first-order valence-corrected chi connectivity index (χ1v) is 9.90. The van der Waals surface area contributed by atoms with Gasteiger partial charge in [-0.15, -0.1) is 10.2 Å². The normalized spacial score (nSPS) is 11.1. The van der Waals surface area contributed by atoms with Crippen LogP contribution >= 0.6 is 11.8 Å². The van der Waals surface area contributed by atoms with Gasteiger partial charge in [0.1, 0.15) is 18.1 Å². The average molecular weight is 429 g/mol. The maximum atomic E-state index is 13.1. The standard InChI is InChI=1S/C20H17F2N5O2S/c1-28-17-8-5-14(11-24-27-19(18(21)22)25-26-20(27)30-2)9-15(17)12-29-16-6-3-13(10-23)4-7-16/h3-9,11,18H,12H2,1-2H3/b24-11-. The molecule has 1 heterocycles. The van der Waals surface area contributed by atoms with Gasteiger partial charge in [0.15, 0.2) is 0 Å². The predicted octanol–water partition coefficient (Wildman–Crippen LogP) is 4.28. The molecule has 3 aromatic rings. The van der Waals surface area contributed by atoms with Gasteiger partial charge < -0.3 is 9.47 Å². The summed E-state index contributed by atoms with van der Waals surface area (Å²) >= 11 is 1.17. The minimum Gasteiger partial charge on any atom is -0.496 e. The number of alkyl halides is 2. The summed E-state index contributed by atoms with van der Waals surface area (Å²) in [5.41, 5.74) is 1.95. The van der Waals surface area contributed by atoms with Gasteiger partial charge in [0, 0.05) is 5.56 Å². The van der Waals surface area contributed by atoms with Crippen molar-refractivity contribution in [1.82, 2.24) is 14.9 Å². The summed E-state index contributed by atoms with van der Waals surface area (Å²) in [5.74, 6) is 0.697. The molecule has 0 saturated heterocycles. The van der Waals surface area contributed by atoms with E-state index in [-0.39, 0.29) is 11.8 Å². The van der Waals surface area contributed by atoms with Crippen molar-refractivity contribution in [3.8, 4) is 17.6 Å². The molecule has 0 radical (unpaired) electrons. The van der Waals surface area contributed by atoms with Crippen LogP contribution in [0.25, 0.3) is 0 Å². The van der Waals surface area contributed by atoms with Crippen molar-refractivity contribution in [2.75, 3.05) is 13.4 Å². The Morgan fingerprint density at radius 1 is 1.23 bits per heavy atom. The van der Waals surface area contributed by atoms with Crippen LogP contribution in [0.4, 0.5) is 8.78 Å². The molecule has 7 nitrogen and oxygen atoms in total. The Labute approximate surface area is 176 Å². The van der Waals surface area contributed by atoms with E-state index in [0.717, 1.165) is 10.2 Å². The van der Waals surface area contributed by atoms with Crippen molar-refractivity contribution < 1.29 is 18.3 Å². The van der Waals surface area contributed by atoms with Crippen molar-refractivity contribution in [2.45, 2.75) is 18.2 Å². The second-order valence-electron chi connectivity index (χ2n) is 5.90. The van der Waals surface area contributed by atoms with E-state index in [0.29, 0.717) is 22.6 Å². The minimum absolute atomic E-state index is 0.210. The molecule has 0 aliphatic heterocycles. The SMILES string of the molecule is COc1ccc(/C=N\n2c(SC)nnc2C(F)F)cc1COc1ccc(C#N)cc1. The Morgan fingerprint density at radius 2 is 2.00 bits per heavy atom. The fraction of sp³-hybridized carbons (Fsp3) is 0.200. The highest BCUT2D eigenvalue weighted by Gasteiger charge is 2.19. The van der Waals surface area contributed by atoms with Crippen LogP contribution in [0.15, 0.2) is 52.7 Å². The summed E-state index contributed by atoms with van der Waals surface area (Å²) < 4.78 is 38.4. The van der Waals surface area contributed by atoms with Gasteiger partial charge >= 0.3 is 0 Å².